The first-order chi connectivity index (χ1) is 13.2. The third-order valence-corrected chi connectivity index (χ3v) is 4.05. The third kappa shape index (κ3) is 4.88. The van der Waals surface area contributed by atoms with E-state index in [-0.39, 0.29) is 11.9 Å². The molecule has 8 heteroatoms. The van der Waals surface area contributed by atoms with Crippen LogP contribution in [0.5, 0.6) is 0 Å². The highest BCUT2D eigenvalue weighted by atomic mass is 16.6. The number of hydrogen-bond donors (Lipinski definition) is 1. The molecule has 1 atom stereocenters. The lowest BCUT2D eigenvalue weighted by Gasteiger charge is -2.22. The molecule has 0 bridgehead atoms. The normalized spacial score (nSPS) is 17.9. The maximum atomic E-state index is 13.1. The van der Waals surface area contributed by atoms with Crippen molar-refractivity contribution in [2.75, 3.05) is 11.4 Å². The first-order valence-electron chi connectivity index (χ1n) is 9.44. The average molecular weight is 388 g/mol. The van der Waals surface area contributed by atoms with Gasteiger partial charge in [0.1, 0.15) is 5.60 Å². The minimum absolute atomic E-state index is 0.378. The Bertz CT molecular complexity index is 755. The number of hydrazone groups is 1. The number of carbonyl (C=O) groups is 3. The van der Waals surface area contributed by atoms with E-state index in [2.05, 4.69) is 10.5 Å². The van der Waals surface area contributed by atoms with Crippen molar-refractivity contribution in [2.24, 2.45) is 5.10 Å². The number of rotatable bonds is 6. The molecular weight excluding hydrogens is 360 g/mol. The molecule has 1 aliphatic heterocycles. The van der Waals surface area contributed by atoms with E-state index < -0.39 is 17.7 Å². The molecule has 0 spiro atoms. The van der Waals surface area contributed by atoms with Crippen molar-refractivity contribution in [1.82, 2.24) is 10.3 Å². The minimum atomic E-state index is -0.854. The number of nitrogens with zero attached hydrogens (tertiary/aromatic N) is 3. The Hall–Kier alpha value is -2.90. The number of amides is 4. The van der Waals surface area contributed by atoms with Gasteiger partial charge in [-0.15, -0.1) is 0 Å². The van der Waals surface area contributed by atoms with Crippen LogP contribution in [0.4, 0.5) is 15.3 Å². The molecule has 1 fully saturated rings. The van der Waals surface area contributed by atoms with E-state index in [0.717, 1.165) is 0 Å². The summed E-state index contributed by atoms with van der Waals surface area (Å²) in [6, 6.07) is 7.54. The van der Waals surface area contributed by atoms with Crippen molar-refractivity contribution in [1.29, 1.82) is 0 Å². The lowest BCUT2D eigenvalue weighted by Crippen LogP contribution is -2.43. The van der Waals surface area contributed by atoms with Crippen LogP contribution in [-0.2, 0) is 9.53 Å². The molecule has 1 N–H and O–H groups in total. The van der Waals surface area contributed by atoms with Crippen molar-refractivity contribution in [3.8, 4) is 0 Å². The molecule has 1 unspecified atom stereocenters. The van der Waals surface area contributed by atoms with Gasteiger partial charge in [0.2, 0.25) is 0 Å². The Kier molecular flexibility index (Phi) is 6.77. The van der Waals surface area contributed by atoms with Crippen LogP contribution in [-0.4, -0.2) is 46.8 Å². The van der Waals surface area contributed by atoms with Crippen molar-refractivity contribution < 1.29 is 19.1 Å². The predicted molar refractivity (Wildman–Crippen MR) is 107 cm³/mol. The lowest BCUT2D eigenvalue weighted by atomic mass is 10.1. The summed E-state index contributed by atoms with van der Waals surface area (Å²) in [6.45, 7) is 9.40. The monoisotopic (exact) mass is 388 g/mol. The van der Waals surface area contributed by atoms with Gasteiger partial charge in [-0.1, -0.05) is 32.0 Å². The van der Waals surface area contributed by atoms with E-state index in [1.807, 2.05) is 19.9 Å². The summed E-state index contributed by atoms with van der Waals surface area (Å²) >= 11 is 0. The quantitative estimate of drug-likeness (QED) is 0.458. The summed E-state index contributed by atoms with van der Waals surface area (Å²) in [7, 11) is 0. The molecule has 152 valence electrons. The molecule has 1 saturated heterocycles. The Morgan fingerprint density at radius 3 is 2.36 bits per heavy atom. The zero-order chi connectivity index (χ0) is 20.9. The van der Waals surface area contributed by atoms with Gasteiger partial charge < -0.3 is 9.64 Å². The zero-order valence-corrected chi connectivity index (χ0v) is 17.1. The minimum Gasteiger partial charge on any atom is -0.443 e. The second-order valence-electron chi connectivity index (χ2n) is 7.46. The van der Waals surface area contributed by atoms with Crippen LogP contribution in [0.3, 0.4) is 0 Å². The number of nitrogens with one attached hydrogen (secondary N) is 1. The van der Waals surface area contributed by atoms with Crippen molar-refractivity contribution >= 4 is 29.4 Å². The number of hydrogen-bond acceptors (Lipinski definition) is 5. The summed E-state index contributed by atoms with van der Waals surface area (Å²) in [6.07, 6.45) is 0.369. The van der Waals surface area contributed by atoms with Crippen LogP contribution in [0.2, 0.25) is 0 Å². The molecule has 1 aromatic carbocycles. The summed E-state index contributed by atoms with van der Waals surface area (Å²) in [5, 5.41) is 4.10. The van der Waals surface area contributed by atoms with Crippen molar-refractivity contribution in [2.45, 2.75) is 59.1 Å². The maximum Gasteiger partial charge on any atom is 0.428 e. The molecule has 1 heterocycles. The molecule has 0 saturated carbocycles. The molecule has 1 aliphatic rings. The number of benzene rings is 1. The van der Waals surface area contributed by atoms with Crippen LogP contribution in [0.25, 0.3) is 0 Å². The van der Waals surface area contributed by atoms with Crippen LogP contribution in [0.1, 0.15) is 47.5 Å². The van der Waals surface area contributed by atoms with Gasteiger partial charge in [0.25, 0.3) is 5.91 Å². The number of imide groups is 1. The standard InChI is InChI=1S/C20H28N4O4/c1-6-13-23-16(15(7-2)21-22-18(26)28-20(3,4)5)17(25)24(19(23)27)14-11-9-8-10-12-14/h8-12,16H,6-7,13H2,1-5H3,(H,22,26)/b21-15+. The van der Waals surface area contributed by atoms with Gasteiger partial charge in [-0.3, -0.25) is 4.79 Å². The van der Waals surface area contributed by atoms with Crippen LogP contribution in [0, 0.1) is 0 Å². The maximum absolute atomic E-state index is 13.1. The van der Waals surface area contributed by atoms with E-state index in [0.29, 0.717) is 30.8 Å². The van der Waals surface area contributed by atoms with Crippen LogP contribution in [0.15, 0.2) is 35.4 Å². The Morgan fingerprint density at radius 2 is 1.82 bits per heavy atom. The van der Waals surface area contributed by atoms with Gasteiger partial charge in [0, 0.05) is 6.54 Å². The largest absolute Gasteiger partial charge is 0.443 e. The summed E-state index contributed by atoms with van der Waals surface area (Å²) in [5.41, 5.74) is 2.58. The Labute approximate surface area is 165 Å². The van der Waals surface area contributed by atoms with Gasteiger partial charge in [-0.2, -0.15) is 5.10 Å². The average Bonchev–Trinajstić information content (AvgIpc) is 2.86. The molecule has 8 nitrogen and oxygen atoms in total. The fourth-order valence-corrected chi connectivity index (χ4v) is 2.94. The highest BCUT2D eigenvalue weighted by Gasteiger charge is 2.47. The highest BCUT2D eigenvalue weighted by Crippen LogP contribution is 2.26. The molecule has 0 aliphatic carbocycles. The van der Waals surface area contributed by atoms with Gasteiger partial charge in [-0.05, 0) is 45.7 Å². The van der Waals surface area contributed by atoms with Crippen LogP contribution >= 0.6 is 0 Å². The van der Waals surface area contributed by atoms with Crippen molar-refractivity contribution in [3.05, 3.63) is 30.3 Å². The third-order valence-electron chi connectivity index (χ3n) is 4.05. The van der Waals surface area contributed by atoms with Gasteiger partial charge >= 0.3 is 12.1 Å². The Morgan fingerprint density at radius 1 is 1.18 bits per heavy atom. The highest BCUT2D eigenvalue weighted by molar-refractivity contribution is 6.29. The fraction of sp³-hybridized carbons (Fsp3) is 0.500. The van der Waals surface area contributed by atoms with E-state index in [1.165, 1.54) is 9.80 Å². The number of anilines is 1. The molecular formula is C20H28N4O4. The van der Waals surface area contributed by atoms with Crippen molar-refractivity contribution in [3.63, 3.8) is 0 Å². The summed E-state index contributed by atoms with van der Waals surface area (Å²) in [4.78, 5) is 40.6. The SMILES string of the molecule is CCCN1C(=O)N(c2ccccc2)C(=O)C1/C(CC)=N/NC(=O)OC(C)(C)C. The number of ether oxygens (including phenoxy) is 1. The smallest absolute Gasteiger partial charge is 0.428 e. The van der Waals surface area contributed by atoms with Gasteiger partial charge in [0.15, 0.2) is 6.04 Å². The molecule has 0 radical (unpaired) electrons. The first kappa shape index (κ1) is 21.4. The number of carbonyl (C=O) groups excluding carboxylic acids is 3. The molecule has 4 amide bonds. The van der Waals surface area contributed by atoms with Gasteiger partial charge in [-0.25, -0.2) is 19.9 Å². The topological polar surface area (TPSA) is 91.3 Å². The van der Waals surface area contributed by atoms with E-state index >= 15 is 0 Å². The summed E-state index contributed by atoms with van der Waals surface area (Å²) < 4.78 is 5.17. The van der Waals surface area contributed by atoms with E-state index in [9.17, 15) is 14.4 Å². The van der Waals surface area contributed by atoms with Gasteiger partial charge in [0.05, 0.1) is 11.4 Å². The molecule has 0 aromatic heterocycles. The second-order valence-corrected chi connectivity index (χ2v) is 7.46. The van der Waals surface area contributed by atoms with E-state index in [1.54, 1.807) is 45.0 Å². The van der Waals surface area contributed by atoms with E-state index in [4.69, 9.17) is 4.74 Å². The molecule has 2 rings (SSSR count). The fourth-order valence-electron chi connectivity index (χ4n) is 2.94. The Balaban J connectivity index is 2.31. The number of para-hydroxylation sites is 1. The molecule has 28 heavy (non-hydrogen) atoms. The number of urea groups is 1. The lowest BCUT2D eigenvalue weighted by molar-refractivity contribution is -0.118. The van der Waals surface area contributed by atoms with Crippen LogP contribution < -0.4 is 10.3 Å². The summed E-state index contributed by atoms with van der Waals surface area (Å²) in [5.74, 6) is -0.378. The first-order valence-corrected chi connectivity index (χ1v) is 9.44. The molecule has 1 aromatic rings. The second kappa shape index (κ2) is 8.86. The zero-order valence-electron chi connectivity index (χ0n) is 17.1. The predicted octanol–water partition coefficient (Wildman–Crippen LogP) is 3.52.